The molecular weight excluding hydrogens is 330 g/mol. The van der Waals surface area contributed by atoms with Crippen LogP contribution in [0.3, 0.4) is 0 Å². The molecule has 0 spiro atoms. The van der Waals surface area contributed by atoms with Gasteiger partial charge in [0.2, 0.25) is 11.9 Å². The number of nitrogens with one attached hydrogen (secondary N) is 1. The molecule has 1 rings (SSSR count). The number of hydrogen-bond acceptors (Lipinski definition) is 7. The summed E-state index contributed by atoms with van der Waals surface area (Å²) in [5.41, 5.74) is -1.99. The predicted molar refractivity (Wildman–Crippen MR) is 87.1 cm³/mol. The minimum absolute atomic E-state index is 0.0305. The van der Waals surface area contributed by atoms with Crippen LogP contribution in [0.5, 0.6) is 5.75 Å². The number of carbonyl (C=O) groups excluding carboxylic acids is 4. The summed E-state index contributed by atoms with van der Waals surface area (Å²) in [4.78, 5) is 48.2. The van der Waals surface area contributed by atoms with Crippen LogP contribution in [0.2, 0.25) is 0 Å². The number of ether oxygens (including phenoxy) is 3. The van der Waals surface area contributed by atoms with E-state index in [0.29, 0.717) is 5.75 Å². The van der Waals surface area contributed by atoms with Gasteiger partial charge in [0.1, 0.15) is 5.75 Å². The second-order valence-electron chi connectivity index (χ2n) is 4.94. The third-order valence-electron chi connectivity index (χ3n) is 3.39. The second kappa shape index (κ2) is 9.41. The second-order valence-corrected chi connectivity index (χ2v) is 4.94. The Balaban J connectivity index is 3.19. The van der Waals surface area contributed by atoms with Gasteiger partial charge in [-0.2, -0.15) is 0 Å². The zero-order valence-corrected chi connectivity index (χ0v) is 14.4. The van der Waals surface area contributed by atoms with Gasteiger partial charge >= 0.3 is 11.9 Å². The summed E-state index contributed by atoms with van der Waals surface area (Å²) in [7, 11) is 1.48. The molecule has 0 atom stereocenters. The number of carbonyl (C=O) groups is 4. The first-order valence-corrected chi connectivity index (χ1v) is 7.68. The number of Topliss-reactive ketones (excluding diaryl/α,β-unsaturated/α-hetero) is 1. The molecule has 1 amide bonds. The van der Waals surface area contributed by atoms with Crippen molar-refractivity contribution in [2.24, 2.45) is 0 Å². The molecule has 0 heterocycles. The fourth-order valence-electron chi connectivity index (χ4n) is 2.13. The number of esters is 2. The number of rotatable bonds is 10. The van der Waals surface area contributed by atoms with Crippen molar-refractivity contribution < 1.29 is 33.4 Å². The largest absolute Gasteiger partial charge is 0.497 e. The van der Waals surface area contributed by atoms with E-state index in [1.807, 2.05) is 0 Å². The molecular formula is C17H21NO7. The van der Waals surface area contributed by atoms with E-state index in [0.717, 1.165) is 0 Å². The summed E-state index contributed by atoms with van der Waals surface area (Å²) in [5, 5.41) is 2.11. The maximum absolute atomic E-state index is 12.5. The van der Waals surface area contributed by atoms with E-state index in [-0.39, 0.29) is 25.2 Å². The predicted octanol–water partition coefficient (Wildman–Crippen LogP) is 0.879. The molecule has 0 unspecified atom stereocenters. The molecule has 0 aliphatic heterocycles. The van der Waals surface area contributed by atoms with Crippen molar-refractivity contribution >= 4 is 24.1 Å². The first-order valence-electron chi connectivity index (χ1n) is 7.68. The molecule has 8 heteroatoms. The van der Waals surface area contributed by atoms with Crippen LogP contribution in [0.1, 0.15) is 30.6 Å². The van der Waals surface area contributed by atoms with Crippen LogP contribution >= 0.6 is 0 Å². The topological polar surface area (TPSA) is 108 Å². The van der Waals surface area contributed by atoms with Crippen LogP contribution in [0.25, 0.3) is 0 Å². The van der Waals surface area contributed by atoms with Crippen molar-refractivity contribution in [2.75, 3.05) is 20.3 Å². The molecule has 1 aromatic carbocycles. The van der Waals surface area contributed by atoms with Crippen molar-refractivity contribution in [3.05, 3.63) is 29.8 Å². The van der Waals surface area contributed by atoms with Crippen LogP contribution in [0, 0.1) is 0 Å². The molecule has 0 radical (unpaired) electrons. The van der Waals surface area contributed by atoms with E-state index in [1.54, 1.807) is 26.0 Å². The van der Waals surface area contributed by atoms with E-state index in [1.165, 1.54) is 19.2 Å². The van der Waals surface area contributed by atoms with Crippen LogP contribution in [-0.4, -0.2) is 50.0 Å². The Morgan fingerprint density at radius 1 is 1.04 bits per heavy atom. The summed E-state index contributed by atoms with van der Waals surface area (Å²) in [6, 6.07) is 6.11. The third kappa shape index (κ3) is 4.79. The van der Waals surface area contributed by atoms with Crippen molar-refractivity contribution in [2.45, 2.75) is 25.8 Å². The average molecular weight is 351 g/mol. The van der Waals surface area contributed by atoms with E-state index in [2.05, 4.69) is 5.32 Å². The molecule has 8 nitrogen and oxygen atoms in total. The minimum Gasteiger partial charge on any atom is -0.497 e. The van der Waals surface area contributed by atoms with Crippen LogP contribution in [0.15, 0.2) is 24.3 Å². The van der Waals surface area contributed by atoms with E-state index in [4.69, 9.17) is 14.2 Å². The van der Waals surface area contributed by atoms with E-state index < -0.39 is 29.7 Å². The van der Waals surface area contributed by atoms with E-state index >= 15 is 0 Å². The maximum atomic E-state index is 12.5. The molecule has 25 heavy (non-hydrogen) atoms. The molecule has 0 fully saturated rings. The van der Waals surface area contributed by atoms with Crippen LogP contribution in [-0.2, 0) is 23.9 Å². The highest BCUT2D eigenvalue weighted by atomic mass is 16.6. The van der Waals surface area contributed by atoms with Crippen molar-refractivity contribution in [3.8, 4) is 5.75 Å². The summed E-state index contributed by atoms with van der Waals surface area (Å²) >= 11 is 0. The normalized spacial score (nSPS) is 10.5. The Labute approximate surface area is 145 Å². The Bertz CT molecular complexity index is 606. The van der Waals surface area contributed by atoms with Gasteiger partial charge in [0.15, 0.2) is 5.78 Å². The van der Waals surface area contributed by atoms with Gasteiger partial charge in [-0.05, 0) is 38.1 Å². The van der Waals surface area contributed by atoms with Crippen molar-refractivity contribution in [1.82, 2.24) is 5.32 Å². The fourth-order valence-corrected chi connectivity index (χ4v) is 2.13. The lowest BCUT2D eigenvalue weighted by molar-refractivity contribution is -0.167. The fraction of sp³-hybridized carbons (Fsp3) is 0.412. The number of amides is 1. The molecule has 0 saturated carbocycles. The highest BCUT2D eigenvalue weighted by Crippen LogP contribution is 2.21. The van der Waals surface area contributed by atoms with Gasteiger partial charge in [0.05, 0.1) is 26.7 Å². The highest BCUT2D eigenvalue weighted by Gasteiger charge is 2.50. The molecule has 1 N–H and O–H groups in total. The molecule has 136 valence electrons. The molecule has 0 aliphatic carbocycles. The highest BCUT2D eigenvalue weighted by molar-refractivity contribution is 6.12. The lowest BCUT2D eigenvalue weighted by Gasteiger charge is -2.27. The zero-order chi connectivity index (χ0) is 18.9. The quantitative estimate of drug-likeness (QED) is 0.288. The van der Waals surface area contributed by atoms with Gasteiger partial charge in [-0.3, -0.25) is 9.59 Å². The SMILES string of the molecule is CCOC(=O)C(CC(=O)c1ccc(OC)cc1)(NC=O)C(=O)OCC. The van der Waals surface area contributed by atoms with Gasteiger partial charge in [-0.1, -0.05) is 0 Å². The Morgan fingerprint density at radius 3 is 1.96 bits per heavy atom. The minimum atomic E-state index is -2.23. The van der Waals surface area contributed by atoms with Gasteiger partial charge < -0.3 is 19.5 Å². The Hall–Kier alpha value is -2.90. The Morgan fingerprint density at radius 2 is 1.56 bits per heavy atom. The smallest absolute Gasteiger partial charge is 0.344 e. The monoisotopic (exact) mass is 351 g/mol. The zero-order valence-electron chi connectivity index (χ0n) is 14.4. The first kappa shape index (κ1) is 20.1. The maximum Gasteiger partial charge on any atom is 0.344 e. The van der Waals surface area contributed by atoms with Crippen LogP contribution < -0.4 is 10.1 Å². The number of hydrogen-bond donors (Lipinski definition) is 1. The van der Waals surface area contributed by atoms with Crippen molar-refractivity contribution in [1.29, 1.82) is 0 Å². The van der Waals surface area contributed by atoms with Gasteiger partial charge in [-0.25, -0.2) is 9.59 Å². The van der Waals surface area contributed by atoms with Gasteiger partial charge in [0, 0.05) is 5.56 Å². The summed E-state index contributed by atoms with van der Waals surface area (Å²) < 4.78 is 14.7. The van der Waals surface area contributed by atoms with Gasteiger partial charge in [-0.15, -0.1) is 0 Å². The third-order valence-corrected chi connectivity index (χ3v) is 3.39. The number of methoxy groups -OCH3 is 1. The summed E-state index contributed by atoms with van der Waals surface area (Å²) in [6.07, 6.45) is -0.467. The molecule has 1 aromatic rings. The molecule has 0 aliphatic rings. The molecule has 0 bridgehead atoms. The Kier molecular flexibility index (Phi) is 7.58. The van der Waals surface area contributed by atoms with E-state index in [9.17, 15) is 19.2 Å². The molecule has 0 saturated heterocycles. The number of benzene rings is 1. The van der Waals surface area contributed by atoms with Gasteiger partial charge in [0.25, 0.3) is 0 Å². The average Bonchev–Trinajstić information content (AvgIpc) is 2.61. The standard InChI is InChI=1S/C17H21NO7/c1-4-24-15(21)17(18-11-19,16(22)25-5-2)10-14(20)12-6-8-13(23-3)9-7-12/h6-9,11H,4-5,10H2,1-3H3,(H,18,19). The van der Waals surface area contributed by atoms with Crippen molar-refractivity contribution in [3.63, 3.8) is 0 Å². The lowest BCUT2D eigenvalue weighted by Crippen LogP contribution is -2.60. The summed E-state index contributed by atoms with van der Waals surface area (Å²) in [6.45, 7) is 3.02. The van der Waals surface area contributed by atoms with Crippen LogP contribution in [0.4, 0.5) is 0 Å². The number of ketones is 1. The molecule has 0 aromatic heterocycles. The lowest BCUT2D eigenvalue weighted by atomic mass is 9.90. The first-order chi connectivity index (χ1) is 11.9. The summed E-state index contributed by atoms with van der Waals surface area (Å²) in [5.74, 6) is -2.10.